The second kappa shape index (κ2) is 1.65. The van der Waals surface area contributed by atoms with Crippen LogP contribution in [0.25, 0.3) is 0 Å². The molecular formula is C4H9NOS. The van der Waals surface area contributed by atoms with E-state index >= 15 is 0 Å². The molecular weight excluding hydrogens is 110 g/mol. The van der Waals surface area contributed by atoms with Crippen LogP contribution >= 0.6 is 12.6 Å². The van der Waals surface area contributed by atoms with Gasteiger partial charge in [0, 0.05) is 18.8 Å². The molecule has 7 heavy (non-hydrogen) atoms. The standard InChI is InChI=1S/C4H9NOS/c6-4(3-7)1-5-2-4/h5-7H,1-3H2. The number of hydrogen-bond donors (Lipinski definition) is 3. The molecule has 2 nitrogen and oxygen atoms in total. The van der Waals surface area contributed by atoms with Gasteiger partial charge in [-0.1, -0.05) is 0 Å². The summed E-state index contributed by atoms with van der Waals surface area (Å²) in [5, 5.41) is 12.0. The molecule has 3 heteroatoms. The van der Waals surface area contributed by atoms with Crippen molar-refractivity contribution >= 4 is 12.6 Å². The zero-order chi connectivity index (χ0) is 5.33. The van der Waals surface area contributed by atoms with Crippen molar-refractivity contribution in [2.45, 2.75) is 5.60 Å². The molecule has 0 aliphatic carbocycles. The third-order valence-electron chi connectivity index (χ3n) is 1.20. The molecule has 0 aromatic rings. The minimum Gasteiger partial charge on any atom is -0.386 e. The molecule has 0 aromatic carbocycles. The first-order valence-electron chi connectivity index (χ1n) is 2.31. The number of aliphatic hydroxyl groups is 1. The van der Waals surface area contributed by atoms with E-state index in [4.69, 9.17) is 5.11 Å². The number of β-amino-alcohol motifs (C(OH)–C–C–N with tert-alkyl or cyclic N) is 1. The highest BCUT2D eigenvalue weighted by atomic mass is 32.1. The first-order chi connectivity index (χ1) is 3.27. The van der Waals surface area contributed by atoms with E-state index in [-0.39, 0.29) is 0 Å². The maximum atomic E-state index is 9.08. The van der Waals surface area contributed by atoms with Crippen LogP contribution in [0, 0.1) is 0 Å². The van der Waals surface area contributed by atoms with Crippen molar-refractivity contribution in [2.24, 2.45) is 0 Å². The molecule has 1 aliphatic rings. The summed E-state index contributed by atoms with van der Waals surface area (Å²) >= 11 is 3.94. The summed E-state index contributed by atoms with van der Waals surface area (Å²) in [5.41, 5.74) is -0.483. The summed E-state index contributed by atoms with van der Waals surface area (Å²) in [4.78, 5) is 0. The van der Waals surface area contributed by atoms with Crippen LogP contribution in [0.5, 0.6) is 0 Å². The Balaban J connectivity index is 2.29. The van der Waals surface area contributed by atoms with Gasteiger partial charge in [-0.2, -0.15) is 12.6 Å². The molecule has 0 spiro atoms. The quantitative estimate of drug-likeness (QED) is 0.397. The van der Waals surface area contributed by atoms with Crippen molar-refractivity contribution in [3.05, 3.63) is 0 Å². The van der Waals surface area contributed by atoms with Gasteiger partial charge in [0.25, 0.3) is 0 Å². The van der Waals surface area contributed by atoms with Gasteiger partial charge >= 0.3 is 0 Å². The van der Waals surface area contributed by atoms with Gasteiger partial charge in [0.1, 0.15) is 0 Å². The Kier molecular flexibility index (Phi) is 1.28. The van der Waals surface area contributed by atoms with E-state index in [0.717, 1.165) is 0 Å². The Morgan fingerprint density at radius 3 is 2.29 bits per heavy atom. The van der Waals surface area contributed by atoms with E-state index in [2.05, 4.69) is 17.9 Å². The number of hydrogen-bond acceptors (Lipinski definition) is 3. The van der Waals surface area contributed by atoms with E-state index in [1.807, 2.05) is 0 Å². The van der Waals surface area contributed by atoms with E-state index in [0.29, 0.717) is 18.8 Å². The summed E-state index contributed by atoms with van der Waals surface area (Å²) in [5.74, 6) is 0.569. The fourth-order valence-corrected chi connectivity index (χ4v) is 0.749. The zero-order valence-electron chi connectivity index (χ0n) is 4.02. The molecule has 1 rings (SSSR count). The number of rotatable bonds is 1. The Morgan fingerprint density at radius 2 is 2.29 bits per heavy atom. The van der Waals surface area contributed by atoms with Crippen molar-refractivity contribution < 1.29 is 5.11 Å². The van der Waals surface area contributed by atoms with Crippen LogP contribution in [0.2, 0.25) is 0 Å². The van der Waals surface area contributed by atoms with Crippen molar-refractivity contribution in [1.29, 1.82) is 0 Å². The summed E-state index contributed by atoms with van der Waals surface area (Å²) in [7, 11) is 0. The molecule has 0 unspecified atom stereocenters. The minimum atomic E-state index is -0.483. The highest BCUT2D eigenvalue weighted by Gasteiger charge is 2.31. The van der Waals surface area contributed by atoms with Crippen LogP contribution in [0.1, 0.15) is 0 Å². The Labute approximate surface area is 48.3 Å². The first kappa shape index (κ1) is 5.41. The first-order valence-corrected chi connectivity index (χ1v) is 2.94. The van der Waals surface area contributed by atoms with E-state index in [1.165, 1.54) is 0 Å². The lowest BCUT2D eigenvalue weighted by Gasteiger charge is -2.35. The van der Waals surface area contributed by atoms with E-state index in [9.17, 15) is 0 Å². The normalized spacial score (nSPS) is 26.6. The van der Waals surface area contributed by atoms with Crippen molar-refractivity contribution in [3.63, 3.8) is 0 Å². The second-order valence-corrected chi connectivity index (χ2v) is 2.30. The number of nitrogens with one attached hydrogen (secondary N) is 1. The van der Waals surface area contributed by atoms with Crippen molar-refractivity contribution in [2.75, 3.05) is 18.8 Å². The molecule has 0 saturated carbocycles. The third-order valence-corrected chi connectivity index (χ3v) is 1.79. The summed E-state index contributed by atoms with van der Waals surface area (Å²) in [6.45, 7) is 1.41. The monoisotopic (exact) mass is 119 g/mol. The lowest BCUT2D eigenvalue weighted by Crippen LogP contribution is -2.60. The van der Waals surface area contributed by atoms with Gasteiger partial charge in [-0.15, -0.1) is 0 Å². The Hall–Kier alpha value is 0.270. The smallest absolute Gasteiger partial charge is 0.0982 e. The highest BCUT2D eigenvalue weighted by molar-refractivity contribution is 7.80. The van der Waals surface area contributed by atoms with Gasteiger partial charge in [-0.3, -0.25) is 0 Å². The van der Waals surface area contributed by atoms with Crippen LogP contribution in [0.3, 0.4) is 0 Å². The van der Waals surface area contributed by atoms with Gasteiger partial charge in [-0.05, 0) is 0 Å². The molecule has 0 bridgehead atoms. The predicted molar refractivity (Wildman–Crippen MR) is 31.7 cm³/mol. The van der Waals surface area contributed by atoms with Crippen LogP contribution in [-0.2, 0) is 0 Å². The van der Waals surface area contributed by atoms with Gasteiger partial charge < -0.3 is 10.4 Å². The average Bonchev–Trinajstić information content (AvgIpc) is 1.61. The van der Waals surface area contributed by atoms with Crippen LogP contribution < -0.4 is 5.32 Å². The molecule has 0 radical (unpaired) electrons. The maximum absolute atomic E-state index is 9.08. The fourth-order valence-electron chi connectivity index (χ4n) is 0.525. The second-order valence-electron chi connectivity index (χ2n) is 1.99. The molecule has 1 fully saturated rings. The third kappa shape index (κ3) is 0.900. The van der Waals surface area contributed by atoms with Gasteiger partial charge in [0.05, 0.1) is 5.60 Å². The molecule has 2 N–H and O–H groups in total. The lowest BCUT2D eigenvalue weighted by atomic mass is 10.0. The SMILES string of the molecule is OC1(CS)CNC1. The largest absolute Gasteiger partial charge is 0.386 e. The number of thiol groups is 1. The molecule has 1 aliphatic heterocycles. The Morgan fingerprint density at radius 1 is 1.71 bits per heavy atom. The molecule has 42 valence electrons. The predicted octanol–water partition coefficient (Wildman–Crippen LogP) is -0.750. The highest BCUT2D eigenvalue weighted by Crippen LogP contribution is 2.10. The average molecular weight is 119 g/mol. The Bertz CT molecular complexity index is 66.6. The molecule has 0 amide bonds. The fraction of sp³-hybridized carbons (Fsp3) is 1.00. The molecule has 0 atom stereocenters. The van der Waals surface area contributed by atoms with Gasteiger partial charge in [0.2, 0.25) is 0 Å². The van der Waals surface area contributed by atoms with Gasteiger partial charge in [-0.25, -0.2) is 0 Å². The molecule has 1 heterocycles. The topological polar surface area (TPSA) is 32.3 Å². The lowest BCUT2D eigenvalue weighted by molar-refractivity contribution is 0.0139. The minimum absolute atomic E-state index is 0.483. The van der Waals surface area contributed by atoms with Crippen LogP contribution in [-0.4, -0.2) is 29.5 Å². The zero-order valence-corrected chi connectivity index (χ0v) is 4.91. The van der Waals surface area contributed by atoms with Crippen LogP contribution in [0.15, 0.2) is 0 Å². The maximum Gasteiger partial charge on any atom is 0.0982 e. The van der Waals surface area contributed by atoms with E-state index < -0.39 is 5.60 Å². The summed E-state index contributed by atoms with van der Waals surface area (Å²) in [6.07, 6.45) is 0. The summed E-state index contributed by atoms with van der Waals surface area (Å²) < 4.78 is 0. The van der Waals surface area contributed by atoms with Crippen molar-refractivity contribution in [3.8, 4) is 0 Å². The van der Waals surface area contributed by atoms with Crippen molar-refractivity contribution in [1.82, 2.24) is 5.32 Å². The molecule has 1 saturated heterocycles. The molecule has 0 aromatic heterocycles. The summed E-state index contributed by atoms with van der Waals surface area (Å²) in [6, 6.07) is 0. The van der Waals surface area contributed by atoms with Gasteiger partial charge in [0.15, 0.2) is 0 Å². The van der Waals surface area contributed by atoms with E-state index in [1.54, 1.807) is 0 Å². The van der Waals surface area contributed by atoms with Crippen LogP contribution in [0.4, 0.5) is 0 Å².